The van der Waals surface area contributed by atoms with E-state index in [0.29, 0.717) is 17.9 Å². The summed E-state index contributed by atoms with van der Waals surface area (Å²) >= 11 is 0. The highest BCUT2D eigenvalue weighted by Gasteiger charge is 2.06. The second kappa shape index (κ2) is 6.32. The molecule has 0 fully saturated rings. The smallest absolute Gasteiger partial charge is 0.338 e. The van der Waals surface area contributed by atoms with Crippen molar-refractivity contribution in [3.05, 3.63) is 42.6 Å². The van der Waals surface area contributed by atoms with Crippen molar-refractivity contribution in [3.63, 3.8) is 0 Å². The number of rotatable bonds is 4. The molecule has 90 valence electrons. The van der Waals surface area contributed by atoms with Crippen molar-refractivity contribution in [2.24, 2.45) is 0 Å². The van der Waals surface area contributed by atoms with Gasteiger partial charge >= 0.3 is 12.0 Å². The number of benzene rings is 1. The van der Waals surface area contributed by atoms with Gasteiger partial charge in [0.05, 0.1) is 12.2 Å². The lowest BCUT2D eigenvalue weighted by Gasteiger charge is -2.05. The highest BCUT2D eigenvalue weighted by molar-refractivity contribution is 5.92. The standard InChI is InChI=1S/C12H14N2O3/c1-3-13-12(16)14-10-7-5-9(6-8-10)11(15)17-4-2/h3,5-8H,1,4H2,2H3,(H2,13,14,16). The number of esters is 1. The van der Waals surface area contributed by atoms with Crippen LogP contribution in [0.2, 0.25) is 0 Å². The molecule has 0 aliphatic heterocycles. The normalized spacial score (nSPS) is 9.24. The Bertz CT molecular complexity index is 412. The highest BCUT2D eigenvalue weighted by atomic mass is 16.5. The van der Waals surface area contributed by atoms with Gasteiger partial charge in [-0.15, -0.1) is 0 Å². The topological polar surface area (TPSA) is 67.4 Å². The van der Waals surface area contributed by atoms with Crippen molar-refractivity contribution in [2.75, 3.05) is 11.9 Å². The van der Waals surface area contributed by atoms with Crippen molar-refractivity contribution in [1.82, 2.24) is 5.32 Å². The number of anilines is 1. The van der Waals surface area contributed by atoms with Crippen LogP contribution in [0.3, 0.4) is 0 Å². The Morgan fingerprint density at radius 2 is 2.00 bits per heavy atom. The number of hydrogen-bond acceptors (Lipinski definition) is 3. The van der Waals surface area contributed by atoms with Gasteiger partial charge in [-0.3, -0.25) is 0 Å². The summed E-state index contributed by atoms with van der Waals surface area (Å²) in [5.74, 6) is -0.380. The first-order valence-corrected chi connectivity index (χ1v) is 5.13. The van der Waals surface area contributed by atoms with Crippen molar-refractivity contribution in [3.8, 4) is 0 Å². The van der Waals surface area contributed by atoms with Crippen LogP contribution in [0.5, 0.6) is 0 Å². The molecule has 5 heteroatoms. The summed E-state index contributed by atoms with van der Waals surface area (Å²) in [6, 6.07) is 6.02. The van der Waals surface area contributed by atoms with Gasteiger partial charge in [0.15, 0.2) is 0 Å². The van der Waals surface area contributed by atoms with E-state index in [-0.39, 0.29) is 12.0 Å². The fourth-order valence-electron chi connectivity index (χ4n) is 1.16. The van der Waals surface area contributed by atoms with Crippen LogP contribution in [0, 0.1) is 0 Å². The molecule has 2 amide bonds. The summed E-state index contributed by atoms with van der Waals surface area (Å²) < 4.78 is 4.84. The van der Waals surface area contributed by atoms with Crippen LogP contribution in [0.15, 0.2) is 37.0 Å². The van der Waals surface area contributed by atoms with E-state index in [0.717, 1.165) is 0 Å². The Kier molecular flexibility index (Phi) is 4.75. The number of nitrogens with one attached hydrogen (secondary N) is 2. The Hall–Kier alpha value is -2.30. The van der Waals surface area contributed by atoms with Crippen molar-refractivity contribution in [2.45, 2.75) is 6.92 Å². The molecule has 0 spiro atoms. The van der Waals surface area contributed by atoms with E-state index in [1.54, 1.807) is 31.2 Å². The molecule has 17 heavy (non-hydrogen) atoms. The van der Waals surface area contributed by atoms with Crippen LogP contribution in [0.25, 0.3) is 0 Å². The third-order valence-electron chi connectivity index (χ3n) is 1.89. The molecule has 0 heterocycles. The zero-order chi connectivity index (χ0) is 12.7. The molecule has 2 N–H and O–H groups in total. The van der Waals surface area contributed by atoms with E-state index in [1.165, 1.54) is 6.20 Å². The molecule has 0 aromatic heterocycles. The molecule has 0 atom stereocenters. The van der Waals surface area contributed by atoms with E-state index in [2.05, 4.69) is 17.2 Å². The quantitative estimate of drug-likeness (QED) is 0.784. The number of carbonyl (C=O) groups excluding carboxylic acids is 2. The average Bonchev–Trinajstić information content (AvgIpc) is 2.30. The SMILES string of the molecule is C=CNC(=O)Nc1ccc(C(=O)OCC)cc1. The maximum absolute atomic E-state index is 11.3. The summed E-state index contributed by atoms with van der Waals surface area (Å²) in [5.41, 5.74) is 1.03. The number of carbonyl (C=O) groups is 2. The van der Waals surface area contributed by atoms with Crippen LogP contribution in [-0.2, 0) is 4.74 Å². The number of hydrogen-bond donors (Lipinski definition) is 2. The van der Waals surface area contributed by atoms with Gasteiger partial charge in [0.1, 0.15) is 0 Å². The number of ether oxygens (including phenoxy) is 1. The zero-order valence-corrected chi connectivity index (χ0v) is 9.53. The maximum atomic E-state index is 11.3. The minimum Gasteiger partial charge on any atom is -0.462 e. The summed E-state index contributed by atoms with van der Waals surface area (Å²) in [5, 5.41) is 4.94. The second-order valence-corrected chi connectivity index (χ2v) is 3.10. The lowest BCUT2D eigenvalue weighted by Crippen LogP contribution is -2.23. The lowest BCUT2D eigenvalue weighted by atomic mass is 10.2. The van der Waals surface area contributed by atoms with Gasteiger partial charge in [0.2, 0.25) is 0 Å². The van der Waals surface area contributed by atoms with Crippen molar-refractivity contribution in [1.29, 1.82) is 0 Å². The van der Waals surface area contributed by atoms with E-state index in [4.69, 9.17) is 4.74 Å². The van der Waals surface area contributed by atoms with E-state index in [9.17, 15) is 9.59 Å². The Labute approximate surface area is 99.5 Å². The molecule has 1 aromatic rings. The predicted molar refractivity (Wildman–Crippen MR) is 64.7 cm³/mol. The third-order valence-corrected chi connectivity index (χ3v) is 1.89. The molecule has 0 bridgehead atoms. The van der Waals surface area contributed by atoms with Crippen LogP contribution < -0.4 is 10.6 Å². The largest absolute Gasteiger partial charge is 0.462 e. The van der Waals surface area contributed by atoms with E-state index < -0.39 is 0 Å². The summed E-state index contributed by atoms with van der Waals surface area (Å²) in [7, 11) is 0. The predicted octanol–water partition coefficient (Wildman–Crippen LogP) is 2.13. The minimum atomic E-state index is -0.385. The van der Waals surface area contributed by atoms with Crippen molar-refractivity contribution >= 4 is 17.7 Å². The van der Waals surface area contributed by atoms with Crippen LogP contribution >= 0.6 is 0 Å². The summed E-state index contributed by atoms with van der Waals surface area (Å²) in [6.45, 7) is 5.44. The molecule has 0 saturated carbocycles. The van der Waals surface area contributed by atoms with Gasteiger partial charge in [0, 0.05) is 5.69 Å². The first kappa shape index (κ1) is 12.8. The molecule has 1 aromatic carbocycles. The molecule has 1 rings (SSSR count). The Balaban J connectivity index is 2.64. The monoisotopic (exact) mass is 234 g/mol. The molecule has 0 aliphatic rings. The maximum Gasteiger partial charge on any atom is 0.338 e. The van der Waals surface area contributed by atoms with Gasteiger partial charge in [-0.1, -0.05) is 6.58 Å². The summed E-state index contributed by atoms with van der Waals surface area (Å²) in [4.78, 5) is 22.5. The second-order valence-electron chi connectivity index (χ2n) is 3.10. The number of urea groups is 1. The fraction of sp³-hybridized carbons (Fsp3) is 0.167. The molecule has 0 radical (unpaired) electrons. The van der Waals surface area contributed by atoms with Gasteiger partial charge in [-0.05, 0) is 37.4 Å². The number of amides is 2. The minimum absolute atomic E-state index is 0.334. The molecule has 0 unspecified atom stereocenters. The highest BCUT2D eigenvalue weighted by Crippen LogP contribution is 2.10. The Morgan fingerprint density at radius 1 is 1.35 bits per heavy atom. The van der Waals surface area contributed by atoms with Crippen LogP contribution in [-0.4, -0.2) is 18.6 Å². The van der Waals surface area contributed by atoms with Crippen LogP contribution in [0.4, 0.5) is 10.5 Å². The van der Waals surface area contributed by atoms with E-state index in [1.807, 2.05) is 0 Å². The lowest BCUT2D eigenvalue weighted by molar-refractivity contribution is 0.0526. The molecule has 0 aliphatic carbocycles. The molecular weight excluding hydrogens is 220 g/mol. The van der Waals surface area contributed by atoms with Crippen molar-refractivity contribution < 1.29 is 14.3 Å². The van der Waals surface area contributed by atoms with Gasteiger partial charge in [0.25, 0.3) is 0 Å². The van der Waals surface area contributed by atoms with E-state index >= 15 is 0 Å². The fourth-order valence-corrected chi connectivity index (χ4v) is 1.16. The van der Waals surface area contributed by atoms with Crippen LogP contribution in [0.1, 0.15) is 17.3 Å². The third kappa shape index (κ3) is 3.98. The Morgan fingerprint density at radius 3 is 2.53 bits per heavy atom. The first-order valence-electron chi connectivity index (χ1n) is 5.13. The van der Waals surface area contributed by atoms with Gasteiger partial charge in [-0.25, -0.2) is 9.59 Å². The molecule has 5 nitrogen and oxygen atoms in total. The first-order chi connectivity index (χ1) is 8.17. The zero-order valence-electron chi connectivity index (χ0n) is 9.53. The van der Waals surface area contributed by atoms with Gasteiger partial charge < -0.3 is 15.4 Å². The molecule has 0 saturated heterocycles. The molecular formula is C12H14N2O3. The summed E-state index contributed by atoms with van der Waals surface area (Å²) in [6.07, 6.45) is 1.28. The van der Waals surface area contributed by atoms with Gasteiger partial charge in [-0.2, -0.15) is 0 Å². The average molecular weight is 234 g/mol.